The summed E-state index contributed by atoms with van der Waals surface area (Å²) in [6.45, 7) is 4.05. The van der Waals surface area contributed by atoms with Crippen molar-refractivity contribution in [3.63, 3.8) is 0 Å². The zero-order valence-electron chi connectivity index (χ0n) is 7.95. The quantitative estimate of drug-likeness (QED) is 0.519. The fourth-order valence-corrected chi connectivity index (χ4v) is 1.19. The molecule has 0 atom stereocenters. The minimum atomic E-state index is 0.727. The summed E-state index contributed by atoms with van der Waals surface area (Å²) < 4.78 is 0. The lowest BCUT2D eigenvalue weighted by molar-refractivity contribution is -0.104. The van der Waals surface area contributed by atoms with Crippen LogP contribution in [-0.4, -0.2) is 11.3 Å². The third kappa shape index (κ3) is 2.82. The van der Waals surface area contributed by atoms with Crippen molar-refractivity contribution in [2.24, 2.45) is 0 Å². The summed E-state index contributed by atoms with van der Waals surface area (Å²) in [4.78, 5) is 14.3. The number of carbonyl (C=O) groups is 1. The summed E-state index contributed by atoms with van der Waals surface area (Å²) in [5.74, 6) is 0. The lowest BCUT2D eigenvalue weighted by atomic mass is 10.1. The molecule has 0 aliphatic rings. The molecule has 0 spiro atoms. The molecule has 0 aromatic carbocycles. The third-order valence-electron chi connectivity index (χ3n) is 1.85. The van der Waals surface area contributed by atoms with Gasteiger partial charge >= 0.3 is 0 Å². The standard InChI is InChI=1S/C11H13NO/c1-9-7-10(2)11(12-8-9)5-3-4-6-13/h3-4,6-8H,5H2,1-2H3. The maximum absolute atomic E-state index is 10.0. The highest BCUT2D eigenvalue weighted by Gasteiger charge is 1.96. The first-order valence-corrected chi connectivity index (χ1v) is 4.26. The largest absolute Gasteiger partial charge is 0.299 e. The minimum absolute atomic E-state index is 0.727. The van der Waals surface area contributed by atoms with Gasteiger partial charge in [-0.2, -0.15) is 0 Å². The molecule has 0 saturated heterocycles. The third-order valence-corrected chi connectivity index (χ3v) is 1.85. The highest BCUT2D eigenvalue weighted by Crippen LogP contribution is 2.07. The highest BCUT2D eigenvalue weighted by atomic mass is 16.1. The van der Waals surface area contributed by atoms with Gasteiger partial charge in [-0.1, -0.05) is 12.1 Å². The predicted molar refractivity (Wildman–Crippen MR) is 52.6 cm³/mol. The van der Waals surface area contributed by atoms with E-state index in [1.165, 1.54) is 17.2 Å². The Kier molecular flexibility index (Phi) is 3.38. The van der Waals surface area contributed by atoms with E-state index in [0.717, 1.165) is 18.4 Å². The van der Waals surface area contributed by atoms with E-state index < -0.39 is 0 Å². The molecule has 0 fully saturated rings. The molecule has 68 valence electrons. The van der Waals surface area contributed by atoms with Crippen LogP contribution in [0.25, 0.3) is 0 Å². The van der Waals surface area contributed by atoms with Crippen molar-refractivity contribution in [3.8, 4) is 0 Å². The van der Waals surface area contributed by atoms with Gasteiger partial charge in [-0.15, -0.1) is 0 Å². The molecular weight excluding hydrogens is 162 g/mol. The Morgan fingerprint density at radius 3 is 2.85 bits per heavy atom. The van der Waals surface area contributed by atoms with Gasteiger partial charge in [0.05, 0.1) is 0 Å². The van der Waals surface area contributed by atoms with Gasteiger partial charge < -0.3 is 0 Å². The molecule has 13 heavy (non-hydrogen) atoms. The van der Waals surface area contributed by atoms with Crippen LogP contribution >= 0.6 is 0 Å². The van der Waals surface area contributed by atoms with Crippen LogP contribution in [0.5, 0.6) is 0 Å². The van der Waals surface area contributed by atoms with Gasteiger partial charge in [-0.25, -0.2) is 0 Å². The van der Waals surface area contributed by atoms with Gasteiger partial charge in [0, 0.05) is 18.3 Å². The zero-order chi connectivity index (χ0) is 9.68. The maximum atomic E-state index is 10.0. The highest BCUT2D eigenvalue weighted by molar-refractivity contribution is 5.64. The molecule has 2 heteroatoms. The molecular formula is C11H13NO. The van der Waals surface area contributed by atoms with Crippen LogP contribution in [-0.2, 0) is 11.2 Å². The number of carbonyl (C=O) groups excluding carboxylic acids is 1. The Morgan fingerprint density at radius 1 is 1.46 bits per heavy atom. The summed E-state index contributed by atoms with van der Waals surface area (Å²) >= 11 is 0. The first-order valence-electron chi connectivity index (χ1n) is 4.26. The normalized spacial score (nSPS) is 10.6. The minimum Gasteiger partial charge on any atom is -0.299 e. The summed E-state index contributed by atoms with van der Waals surface area (Å²) in [6, 6.07) is 2.09. The van der Waals surface area contributed by atoms with E-state index >= 15 is 0 Å². The van der Waals surface area contributed by atoms with E-state index in [1.54, 1.807) is 0 Å². The van der Waals surface area contributed by atoms with Crippen LogP contribution in [0.15, 0.2) is 24.4 Å². The molecule has 0 bridgehead atoms. The molecule has 0 amide bonds. The summed E-state index contributed by atoms with van der Waals surface area (Å²) in [5, 5.41) is 0. The summed E-state index contributed by atoms with van der Waals surface area (Å²) in [7, 11) is 0. The predicted octanol–water partition coefficient (Wildman–Crippen LogP) is 2.00. The van der Waals surface area contributed by atoms with Crippen molar-refractivity contribution < 1.29 is 4.79 Å². The van der Waals surface area contributed by atoms with E-state index in [9.17, 15) is 4.79 Å². The smallest absolute Gasteiger partial charge is 0.142 e. The van der Waals surface area contributed by atoms with Crippen molar-refractivity contribution in [3.05, 3.63) is 41.2 Å². The van der Waals surface area contributed by atoms with Gasteiger partial charge in [-0.3, -0.25) is 9.78 Å². The fraction of sp³-hybridized carbons (Fsp3) is 0.273. The van der Waals surface area contributed by atoms with E-state index in [0.29, 0.717) is 0 Å². The molecule has 0 radical (unpaired) electrons. The number of pyridine rings is 1. The maximum Gasteiger partial charge on any atom is 0.142 e. The van der Waals surface area contributed by atoms with Gasteiger partial charge in [0.25, 0.3) is 0 Å². The van der Waals surface area contributed by atoms with E-state index in [4.69, 9.17) is 0 Å². The van der Waals surface area contributed by atoms with Crippen molar-refractivity contribution in [1.29, 1.82) is 0 Å². The van der Waals surface area contributed by atoms with Crippen LogP contribution in [0.2, 0.25) is 0 Å². The van der Waals surface area contributed by atoms with Crippen molar-refractivity contribution in [2.75, 3.05) is 0 Å². The van der Waals surface area contributed by atoms with Gasteiger partial charge in [0.2, 0.25) is 0 Å². The molecule has 1 aromatic heterocycles. The van der Waals surface area contributed by atoms with Gasteiger partial charge in [0.1, 0.15) is 6.29 Å². The molecule has 0 saturated carbocycles. The topological polar surface area (TPSA) is 30.0 Å². The zero-order valence-corrected chi connectivity index (χ0v) is 7.95. The van der Waals surface area contributed by atoms with Crippen LogP contribution in [0.3, 0.4) is 0 Å². The molecule has 0 aliphatic heterocycles. The molecule has 1 rings (SSSR count). The molecule has 1 aromatic rings. The Hall–Kier alpha value is -1.44. The Labute approximate surface area is 78.3 Å². The summed E-state index contributed by atoms with van der Waals surface area (Å²) in [6.07, 6.45) is 6.67. The first kappa shape index (κ1) is 9.65. The van der Waals surface area contributed by atoms with Gasteiger partial charge in [-0.05, 0) is 31.1 Å². The fourth-order valence-electron chi connectivity index (χ4n) is 1.19. The van der Waals surface area contributed by atoms with E-state index in [-0.39, 0.29) is 0 Å². The Bertz CT molecular complexity index is 329. The number of nitrogens with zero attached hydrogens (tertiary/aromatic N) is 1. The lowest BCUT2D eigenvalue weighted by Gasteiger charge is -2.01. The number of hydrogen-bond donors (Lipinski definition) is 0. The molecule has 1 heterocycles. The van der Waals surface area contributed by atoms with E-state index in [2.05, 4.69) is 11.1 Å². The Balaban J connectivity index is 2.77. The second kappa shape index (κ2) is 4.55. The number of allylic oxidation sites excluding steroid dienone is 2. The first-order chi connectivity index (χ1) is 6.24. The SMILES string of the molecule is Cc1cnc(CC=CC=O)c(C)c1. The van der Waals surface area contributed by atoms with Crippen molar-refractivity contribution in [2.45, 2.75) is 20.3 Å². The van der Waals surface area contributed by atoms with Crippen LogP contribution in [0.1, 0.15) is 16.8 Å². The number of aryl methyl sites for hydroxylation is 2. The summed E-state index contributed by atoms with van der Waals surface area (Å²) in [5.41, 5.74) is 3.37. The monoisotopic (exact) mass is 175 g/mol. The van der Waals surface area contributed by atoms with Crippen LogP contribution in [0, 0.1) is 13.8 Å². The van der Waals surface area contributed by atoms with Crippen LogP contribution in [0.4, 0.5) is 0 Å². The number of aldehydes is 1. The van der Waals surface area contributed by atoms with Crippen molar-refractivity contribution in [1.82, 2.24) is 4.98 Å². The second-order valence-electron chi connectivity index (χ2n) is 3.04. The molecule has 2 nitrogen and oxygen atoms in total. The molecule has 0 unspecified atom stereocenters. The average Bonchev–Trinajstić information content (AvgIpc) is 2.09. The lowest BCUT2D eigenvalue weighted by Crippen LogP contribution is -1.92. The molecule has 0 N–H and O–H groups in total. The number of aromatic nitrogens is 1. The second-order valence-corrected chi connectivity index (χ2v) is 3.04. The average molecular weight is 175 g/mol. The van der Waals surface area contributed by atoms with Crippen molar-refractivity contribution >= 4 is 6.29 Å². The van der Waals surface area contributed by atoms with Crippen LogP contribution < -0.4 is 0 Å². The Morgan fingerprint density at radius 2 is 2.23 bits per heavy atom. The molecule has 0 aliphatic carbocycles. The number of hydrogen-bond acceptors (Lipinski definition) is 2. The van der Waals surface area contributed by atoms with Gasteiger partial charge in [0.15, 0.2) is 0 Å². The number of rotatable bonds is 3. The van der Waals surface area contributed by atoms with E-state index in [1.807, 2.05) is 26.1 Å².